The molecule has 1 amide bonds. The number of halogens is 2. The fourth-order valence-corrected chi connectivity index (χ4v) is 3.06. The summed E-state index contributed by atoms with van der Waals surface area (Å²) in [5.41, 5.74) is 2.10. The molecule has 0 aliphatic heterocycles. The summed E-state index contributed by atoms with van der Waals surface area (Å²) in [5, 5.41) is 13.9. The van der Waals surface area contributed by atoms with Gasteiger partial charge in [-0.1, -0.05) is 65.7 Å². The molecule has 28 heavy (non-hydrogen) atoms. The predicted octanol–water partition coefficient (Wildman–Crippen LogP) is 5.59. The number of aliphatic hydroxyl groups excluding tert-OH is 1. The molecule has 0 heterocycles. The molecule has 2 rings (SSSR count). The van der Waals surface area contributed by atoms with Gasteiger partial charge in [0.15, 0.2) is 0 Å². The monoisotopic (exact) mass is 421 g/mol. The maximum absolute atomic E-state index is 11.7. The van der Waals surface area contributed by atoms with Crippen LogP contribution in [0.5, 0.6) is 0 Å². The van der Waals surface area contributed by atoms with E-state index in [1.807, 2.05) is 36.4 Å². The summed E-state index contributed by atoms with van der Waals surface area (Å²) in [5.74, 6) is 0. The van der Waals surface area contributed by atoms with Gasteiger partial charge >= 0.3 is 6.09 Å². The number of alkyl carbamates (subject to hydrolysis) is 1. The molecule has 0 aromatic heterocycles. The molecule has 2 aromatic rings. The number of rotatable bonds is 6. The second kappa shape index (κ2) is 9.97. The Hall–Kier alpha value is -2.01. The van der Waals surface area contributed by atoms with Crippen LogP contribution in [0.3, 0.4) is 0 Å². The van der Waals surface area contributed by atoms with Crippen LogP contribution in [-0.2, 0) is 11.2 Å². The van der Waals surface area contributed by atoms with Crippen LogP contribution >= 0.6 is 23.2 Å². The van der Waals surface area contributed by atoms with Crippen LogP contribution in [-0.4, -0.2) is 29.4 Å². The lowest BCUT2D eigenvalue weighted by Crippen LogP contribution is -2.37. The minimum Gasteiger partial charge on any atom is -0.444 e. The number of carbonyl (C=O) groups excluding carboxylic acids is 1. The highest BCUT2D eigenvalue weighted by atomic mass is 35.5. The van der Waals surface area contributed by atoms with E-state index in [0.29, 0.717) is 16.5 Å². The van der Waals surface area contributed by atoms with Crippen molar-refractivity contribution < 1.29 is 14.6 Å². The van der Waals surface area contributed by atoms with Crippen molar-refractivity contribution in [3.05, 3.63) is 69.2 Å². The third-order valence-electron chi connectivity index (χ3n) is 3.75. The van der Waals surface area contributed by atoms with Crippen molar-refractivity contribution >= 4 is 41.4 Å². The first-order valence-electron chi connectivity index (χ1n) is 9.00. The van der Waals surface area contributed by atoms with Gasteiger partial charge in [-0.2, -0.15) is 0 Å². The molecule has 0 saturated heterocycles. The molecule has 1 atom stereocenters. The molecule has 0 bridgehead atoms. The molecular formula is C22H25Cl2NO3. The fraction of sp³-hybridized carbons (Fsp3) is 0.318. The van der Waals surface area contributed by atoms with Crippen molar-refractivity contribution in [2.24, 2.45) is 0 Å². The lowest BCUT2D eigenvalue weighted by molar-refractivity contribution is 0.0492. The smallest absolute Gasteiger partial charge is 0.407 e. The lowest BCUT2D eigenvalue weighted by atomic mass is 10.0. The Morgan fingerprint density at radius 2 is 1.79 bits per heavy atom. The van der Waals surface area contributed by atoms with E-state index >= 15 is 0 Å². The zero-order valence-electron chi connectivity index (χ0n) is 16.2. The molecule has 150 valence electrons. The summed E-state index contributed by atoms with van der Waals surface area (Å²) >= 11 is 12.4. The molecule has 0 spiro atoms. The van der Waals surface area contributed by atoms with E-state index in [2.05, 4.69) is 5.32 Å². The largest absolute Gasteiger partial charge is 0.444 e. The molecule has 0 saturated carbocycles. The van der Waals surface area contributed by atoms with Gasteiger partial charge in [0.25, 0.3) is 0 Å². The van der Waals surface area contributed by atoms with E-state index in [1.54, 1.807) is 39.0 Å². The second-order valence-corrected chi connectivity index (χ2v) is 8.27. The van der Waals surface area contributed by atoms with Gasteiger partial charge in [-0.05, 0) is 44.0 Å². The fourth-order valence-electron chi connectivity index (χ4n) is 2.53. The van der Waals surface area contributed by atoms with Crippen molar-refractivity contribution in [1.29, 1.82) is 0 Å². The summed E-state index contributed by atoms with van der Waals surface area (Å²) in [6, 6.07) is 13.1. The average Bonchev–Trinajstić information content (AvgIpc) is 2.58. The number of hydrogen-bond donors (Lipinski definition) is 2. The van der Waals surface area contributed by atoms with Crippen LogP contribution < -0.4 is 5.32 Å². The lowest BCUT2D eigenvalue weighted by Gasteiger charge is -2.20. The molecular weight excluding hydrogens is 397 g/mol. The first kappa shape index (κ1) is 22.3. The van der Waals surface area contributed by atoms with Crippen LogP contribution in [0.1, 0.15) is 37.5 Å². The number of nitrogens with one attached hydrogen (secondary N) is 1. The normalized spacial score (nSPS) is 12.8. The molecule has 2 N–H and O–H groups in total. The van der Waals surface area contributed by atoms with Gasteiger partial charge in [-0.15, -0.1) is 0 Å². The van der Waals surface area contributed by atoms with E-state index in [4.69, 9.17) is 27.9 Å². The van der Waals surface area contributed by atoms with Gasteiger partial charge in [0.05, 0.1) is 6.10 Å². The molecule has 1 unspecified atom stereocenters. The van der Waals surface area contributed by atoms with Gasteiger partial charge in [-0.3, -0.25) is 0 Å². The zero-order chi connectivity index (χ0) is 20.7. The van der Waals surface area contributed by atoms with E-state index in [-0.39, 0.29) is 6.54 Å². The van der Waals surface area contributed by atoms with Gasteiger partial charge in [0, 0.05) is 28.6 Å². The Morgan fingerprint density at radius 3 is 2.43 bits per heavy atom. The number of carbonyl (C=O) groups is 1. The number of hydrogen-bond acceptors (Lipinski definition) is 3. The highest BCUT2D eigenvalue weighted by molar-refractivity contribution is 6.37. The van der Waals surface area contributed by atoms with Crippen LogP contribution in [0.4, 0.5) is 4.79 Å². The zero-order valence-corrected chi connectivity index (χ0v) is 17.7. The van der Waals surface area contributed by atoms with Gasteiger partial charge < -0.3 is 15.2 Å². The third-order valence-corrected chi connectivity index (χ3v) is 4.40. The second-order valence-electron chi connectivity index (χ2n) is 7.45. The SMILES string of the molecule is CC(C)(C)OC(=O)NCC(O)Cc1cccc(/C=C/c2c(Cl)cccc2Cl)c1. The molecule has 0 radical (unpaired) electrons. The van der Waals surface area contributed by atoms with Crippen molar-refractivity contribution in [2.75, 3.05) is 6.54 Å². The molecule has 2 aromatic carbocycles. The number of amides is 1. The Balaban J connectivity index is 1.96. The molecule has 6 heteroatoms. The topological polar surface area (TPSA) is 58.6 Å². The Morgan fingerprint density at radius 1 is 1.14 bits per heavy atom. The predicted molar refractivity (Wildman–Crippen MR) is 116 cm³/mol. The van der Waals surface area contributed by atoms with Crippen LogP contribution in [0.15, 0.2) is 42.5 Å². The molecule has 0 aliphatic rings. The van der Waals surface area contributed by atoms with Gasteiger partial charge in [0.1, 0.15) is 5.60 Å². The van der Waals surface area contributed by atoms with Crippen LogP contribution in [0.2, 0.25) is 10.0 Å². The van der Waals surface area contributed by atoms with Crippen molar-refractivity contribution in [3.63, 3.8) is 0 Å². The first-order chi connectivity index (χ1) is 13.1. The highest BCUT2D eigenvalue weighted by Crippen LogP contribution is 2.26. The molecule has 0 aliphatic carbocycles. The third kappa shape index (κ3) is 7.55. The molecule has 0 fully saturated rings. The number of benzene rings is 2. The highest BCUT2D eigenvalue weighted by Gasteiger charge is 2.17. The maximum atomic E-state index is 11.7. The summed E-state index contributed by atoms with van der Waals surface area (Å²) in [6.45, 7) is 5.48. The summed E-state index contributed by atoms with van der Waals surface area (Å²) in [7, 11) is 0. The summed E-state index contributed by atoms with van der Waals surface area (Å²) in [6.07, 6.45) is 2.93. The number of ether oxygens (including phenoxy) is 1. The van der Waals surface area contributed by atoms with Crippen molar-refractivity contribution in [1.82, 2.24) is 5.32 Å². The maximum Gasteiger partial charge on any atom is 0.407 e. The number of aliphatic hydroxyl groups is 1. The summed E-state index contributed by atoms with van der Waals surface area (Å²) in [4.78, 5) is 11.7. The van der Waals surface area contributed by atoms with Crippen LogP contribution in [0, 0.1) is 0 Å². The Bertz CT molecular complexity index is 824. The van der Waals surface area contributed by atoms with Crippen molar-refractivity contribution in [3.8, 4) is 0 Å². The minimum atomic E-state index is -0.718. The van der Waals surface area contributed by atoms with Gasteiger partial charge in [-0.25, -0.2) is 4.79 Å². The molecule has 4 nitrogen and oxygen atoms in total. The van der Waals surface area contributed by atoms with Gasteiger partial charge in [0.2, 0.25) is 0 Å². The minimum absolute atomic E-state index is 0.115. The van der Waals surface area contributed by atoms with E-state index < -0.39 is 17.8 Å². The van der Waals surface area contributed by atoms with E-state index in [1.165, 1.54) is 0 Å². The van der Waals surface area contributed by atoms with E-state index in [0.717, 1.165) is 16.7 Å². The van der Waals surface area contributed by atoms with Crippen LogP contribution in [0.25, 0.3) is 12.2 Å². The average molecular weight is 422 g/mol. The first-order valence-corrected chi connectivity index (χ1v) is 9.75. The van der Waals surface area contributed by atoms with Crippen molar-refractivity contribution in [2.45, 2.75) is 38.9 Å². The summed E-state index contributed by atoms with van der Waals surface area (Å²) < 4.78 is 5.16. The standard InChI is InChI=1S/C22H25Cl2NO3/c1-22(2,3)28-21(27)25-14-17(26)13-16-7-4-6-15(12-16)10-11-18-19(23)8-5-9-20(18)24/h4-12,17,26H,13-14H2,1-3H3,(H,25,27)/b11-10+. The quantitative estimate of drug-likeness (QED) is 0.597. The Labute approximate surface area is 176 Å². The van der Waals surface area contributed by atoms with E-state index in [9.17, 15) is 9.90 Å². The Kier molecular flexibility index (Phi) is 7.93.